The number of esters is 1. The van der Waals surface area contributed by atoms with Crippen molar-refractivity contribution < 1.29 is 23.8 Å². The maximum atomic E-state index is 12.3. The van der Waals surface area contributed by atoms with E-state index in [-0.39, 0.29) is 6.61 Å². The van der Waals surface area contributed by atoms with Gasteiger partial charge in [-0.2, -0.15) is 0 Å². The quantitative estimate of drug-likeness (QED) is 0.627. The zero-order valence-corrected chi connectivity index (χ0v) is 17.7. The summed E-state index contributed by atoms with van der Waals surface area (Å²) in [6.45, 7) is 10.5. The highest BCUT2D eigenvalue weighted by atomic mass is 16.5. The number of hydrogen-bond acceptors (Lipinski definition) is 5. The van der Waals surface area contributed by atoms with Crippen LogP contribution < -0.4 is 14.8 Å². The first-order chi connectivity index (χ1) is 13.8. The van der Waals surface area contributed by atoms with Gasteiger partial charge in [-0.05, 0) is 56.5 Å². The minimum atomic E-state index is -0.600. The summed E-state index contributed by atoms with van der Waals surface area (Å²) in [5, 5.41) is 2.75. The lowest BCUT2D eigenvalue weighted by atomic mass is 10.1. The highest BCUT2D eigenvalue weighted by Gasteiger charge is 2.15. The van der Waals surface area contributed by atoms with Crippen LogP contribution in [0.25, 0.3) is 0 Å². The van der Waals surface area contributed by atoms with Gasteiger partial charge in [0.15, 0.2) is 18.1 Å². The van der Waals surface area contributed by atoms with E-state index in [1.165, 1.54) is 0 Å². The zero-order valence-electron chi connectivity index (χ0n) is 17.7. The number of nitrogens with one attached hydrogen (secondary N) is 1. The van der Waals surface area contributed by atoms with E-state index < -0.39 is 11.9 Å². The Balaban J connectivity index is 1.98. The summed E-state index contributed by atoms with van der Waals surface area (Å²) in [6.07, 6.45) is 0. The first-order valence-electron chi connectivity index (χ1n) is 9.74. The van der Waals surface area contributed by atoms with E-state index in [9.17, 15) is 9.59 Å². The van der Waals surface area contributed by atoms with Crippen LogP contribution in [0.15, 0.2) is 36.4 Å². The summed E-state index contributed by atoms with van der Waals surface area (Å²) < 4.78 is 16.5. The lowest BCUT2D eigenvalue weighted by Gasteiger charge is -2.14. The van der Waals surface area contributed by atoms with Gasteiger partial charge in [-0.1, -0.05) is 31.5 Å². The van der Waals surface area contributed by atoms with Gasteiger partial charge in [-0.25, -0.2) is 4.79 Å². The Morgan fingerprint density at radius 2 is 1.76 bits per heavy atom. The SMILES string of the molecule is CCOc1cc(C(=O)OCC(=O)Nc2ccc(C)cc2C)ccc1OCC(C)C. The molecular weight excluding hydrogens is 370 g/mol. The highest BCUT2D eigenvalue weighted by molar-refractivity contribution is 5.96. The van der Waals surface area contributed by atoms with Crippen molar-refractivity contribution >= 4 is 17.6 Å². The monoisotopic (exact) mass is 399 g/mol. The molecule has 0 saturated carbocycles. The molecule has 0 aliphatic rings. The van der Waals surface area contributed by atoms with Gasteiger partial charge in [0.05, 0.1) is 18.8 Å². The summed E-state index contributed by atoms with van der Waals surface area (Å²) in [4.78, 5) is 24.5. The molecular formula is C23H29NO5. The third-order valence-electron chi connectivity index (χ3n) is 4.04. The average Bonchev–Trinajstić information content (AvgIpc) is 2.67. The van der Waals surface area contributed by atoms with Crippen LogP contribution in [0.3, 0.4) is 0 Å². The molecule has 0 fully saturated rings. The molecule has 2 aromatic rings. The first-order valence-corrected chi connectivity index (χ1v) is 9.74. The molecule has 1 N–H and O–H groups in total. The molecule has 0 bridgehead atoms. The Labute approximate surface area is 172 Å². The number of amides is 1. The summed E-state index contributed by atoms with van der Waals surface area (Å²) in [5.74, 6) is 0.418. The van der Waals surface area contributed by atoms with Crippen LogP contribution in [0.2, 0.25) is 0 Å². The van der Waals surface area contributed by atoms with Crippen molar-refractivity contribution in [2.24, 2.45) is 5.92 Å². The van der Waals surface area contributed by atoms with Crippen molar-refractivity contribution in [2.75, 3.05) is 25.1 Å². The highest BCUT2D eigenvalue weighted by Crippen LogP contribution is 2.29. The smallest absolute Gasteiger partial charge is 0.338 e. The van der Waals surface area contributed by atoms with E-state index in [1.807, 2.05) is 39.0 Å². The van der Waals surface area contributed by atoms with Crippen LogP contribution in [0, 0.1) is 19.8 Å². The standard InChI is InChI=1S/C23H29NO5/c1-6-27-21-12-18(8-10-20(21)28-13-15(2)3)23(26)29-14-22(25)24-19-9-7-16(4)11-17(19)5/h7-12,15H,6,13-14H2,1-5H3,(H,24,25). The first kappa shape index (κ1) is 22.3. The lowest BCUT2D eigenvalue weighted by Crippen LogP contribution is -2.21. The van der Waals surface area contributed by atoms with Gasteiger partial charge in [0.1, 0.15) is 0 Å². The van der Waals surface area contributed by atoms with Gasteiger partial charge in [-0.3, -0.25) is 4.79 Å². The molecule has 0 aliphatic heterocycles. The molecule has 0 saturated heterocycles. The van der Waals surface area contributed by atoms with Gasteiger partial charge in [0.2, 0.25) is 0 Å². The number of hydrogen-bond donors (Lipinski definition) is 1. The fraction of sp³-hybridized carbons (Fsp3) is 0.391. The van der Waals surface area contributed by atoms with Crippen LogP contribution >= 0.6 is 0 Å². The van der Waals surface area contributed by atoms with Gasteiger partial charge < -0.3 is 19.5 Å². The third kappa shape index (κ3) is 6.82. The fourth-order valence-corrected chi connectivity index (χ4v) is 2.63. The van der Waals surface area contributed by atoms with E-state index in [0.717, 1.165) is 11.1 Å². The molecule has 29 heavy (non-hydrogen) atoms. The average molecular weight is 399 g/mol. The Bertz CT molecular complexity index is 860. The number of carbonyl (C=O) groups is 2. The molecule has 6 nitrogen and oxygen atoms in total. The van der Waals surface area contributed by atoms with Crippen LogP contribution in [-0.2, 0) is 9.53 Å². The fourth-order valence-electron chi connectivity index (χ4n) is 2.63. The molecule has 0 unspecified atom stereocenters. The number of rotatable bonds is 9. The molecule has 156 valence electrons. The van der Waals surface area contributed by atoms with Crippen molar-refractivity contribution in [3.63, 3.8) is 0 Å². The molecule has 2 rings (SSSR count). The lowest BCUT2D eigenvalue weighted by molar-refractivity contribution is -0.119. The molecule has 0 heterocycles. The van der Waals surface area contributed by atoms with E-state index in [0.29, 0.717) is 41.9 Å². The van der Waals surface area contributed by atoms with Crippen molar-refractivity contribution in [3.8, 4) is 11.5 Å². The van der Waals surface area contributed by atoms with E-state index in [1.54, 1.807) is 18.2 Å². The molecule has 0 spiro atoms. The molecule has 0 atom stereocenters. The van der Waals surface area contributed by atoms with E-state index in [4.69, 9.17) is 14.2 Å². The predicted octanol–water partition coefficient (Wildman–Crippen LogP) is 4.53. The van der Waals surface area contributed by atoms with Gasteiger partial charge in [0, 0.05) is 5.69 Å². The minimum absolute atomic E-state index is 0.296. The topological polar surface area (TPSA) is 73.9 Å². The van der Waals surface area contributed by atoms with Crippen molar-refractivity contribution in [2.45, 2.75) is 34.6 Å². The summed E-state index contributed by atoms with van der Waals surface area (Å²) in [5.41, 5.74) is 3.05. The largest absolute Gasteiger partial charge is 0.490 e. The second kappa shape index (κ2) is 10.5. The molecule has 1 amide bonds. The van der Waals surface area contributed by atoms with Gasteiger partial charge in [0.25, 0.3) is 5.91 Å². The third-order valence-corrected chi connectivity index (χ3v) is 4.04. The number of aryl methyl sites for hydroxylation is 2. The summed E-state index contributed by atoms with van der Waals surface area (Å²) in [7, 11) is 0. The predicted molar refractivity (Wildman–Crippen MR) is 113 cm³/mol. The Morgan fingerprint density at radius 1 is 1.00 bits per heavy atom. The second-order valence-electron chi connectivity index (χ2n) is 7.24. The molecule has 6 heteroatoms. The summed E-state index contributed by atoms with van der Waals surface area (Å²) in [6, 6.07) is 10.6. The van der Waals surface area contributed by atoms with Crippen LogP contribution in [0.1, 0.15) is 42.3 Å². The number of ether oxygens (including phenoxy) is 3. The maximum Gasteiger partial charge on any atom is 0.338 e. The molecule has 0 aromatic heterocycles. The molecule has 2 aromatic carbocycles. The minimum Gasteiger partial charge on any atom is -0.490 e. The van der Waals surface area contributed by atoms with Crippen LogP contribution in [-0.4, -0.2) is 31.7 Å². The normalized spacial score (nSPS) is 10.6. The van der Waals surface area contributed by atoms with Crippen LogP contribution in [0.5, 0.6) is 11.5 Å². The van der Waals surface area contributed by atoms with E-state index in [2.05, 4.69) is 19.2 Å². The van der Waals surface area contributed by atoms with E-state index >= 15 is 0 Å². The second-order valence-corrected chi connectivity index (χ2v) is 7.24. The van der Waals surface area contributed by atoms with Crippen LogP contribution in [0.4, 0.5) is 5.69 Å². The van der Waals surface area contributed by atoms with Crippen molar-refractivity contribution in [1.29, 1.82) is 0 Å². The van der Waals surface area contributed by atoms with Gasteiger partial charge >= 0.3 is 5.97 Å². The molecule has 0 aliphatic carbocycles. The molecule has 0 radical (unpaired) electrons. The zero-order chi connectivity index (χ0) is 21.4. The van der Waals surface area contributed by atoms with Crippen molar-refractivity contribution in [1.82, 2.24) is 0 Å². The van der Waals surface area contributed by atoms with Gasteiger partial charge in [-0.15, -0.1) is 0 Å². The van der Waals surface area contributed by atoms with Crippen molar-refractivity contribution in [3.05, 3.63) is 53.1 Å². The Hall–Kier alpha value is -3.02. The maximum absolute atomic E-state index is 12.3. The number of carbonyl (C=O) groups excluding carboxylic acids is 2. The number of anilines is 1. The Kier molecular flexibility index (Phi) is 8.07. The number of benzene rings is 2. The Morgan fingerprint density at radius 3 is 2.41 bits per heavy atom. The summed E-state index contributed by atoms with van der Waals surface area (Å²) >= 11 is 0.